The van der Waals surface area contributed by atoms with Crippen LogP contribution in [0.15, 0.2) is 30.3 Å². The molecule has 1 rings (SSSR count). The number of rotatable bonds is 33. The van der Waals surface area contributed by atoms with Crippen molar-refractivity contribution in [3.63, 3.8) is 0 Å². The van der Waals surface area contributed by atoms with Crippen LogP contribution in [0, 0.1) is 17.8 Å². The number of hydrogen-bond acceptors (Lipinski definition) is 15. The number of hydrogen-bond donors (Lipinski definition) is 15. The van der Waals surface area contributed by atoms with Gasteiger partial charge in [-0.05, 0) is 36.7 Å². The van der Waals surface area contributed by atoms with E-state index in [4.69, 9.17) is 16.6 Å². The van der Waals surface area contributed by atoms with E-state index in [1.807, 2.05) is 0 Å². The molecule has 408 valence electrons. The van der Waals surface area contributed by atoms with E-state index in [2.05, 4.69) is 42.5 Å². The van der Waals surface area contributed by atoms with Gasteiger partial charge in [0.15, 0.2) is 0 Å². The number of carbonyl (C=O) groups excluding carboxylic acids is 9. The Morgan fingerprint density at radius 2 is 0.945 bits per heavy atom. The van der Waals surface area contributed by atoms with Crippen molar-refractivity contribution in [2.24, 2.45) is 29.2 Å². The van der Waals surface area contributed by atoms with Gasteiger partial charge in [0.1, 0.15) is 48.3 Å². The second-order valence-corrected chi connectivity index (χ2v) is 18.0. The van der Waals surface area contributed by atoms with Gasteiger partial charge in [-0.2, -0.15) is 0 Å². The van der Waals surface area contributed by atoms with E-state index in [-0.39, 0.29) is 19.3 Å². The fraction of sp³-hybridized carbons (Fsp3) is 0.609. The summed E-state index contributed by atoms with van der Waals surface area (Å²) >= 11 is 0. The minimum Gasteiger partial charge on any atom is -0.481 e. The first kappa shape index (κ1) is 63.8. The van der Waals surface area contributed by atoms with Gasteiger partial charge in [0.25, 0.3) is 0 Å². The van der Waals surface area contributed by atoms with Crippen LogP contribution < -0.4 is 54.0 Å². The lowest BCUT2D eigenvalue weighted by Crippen LogP contribution is -2.63. The van der Waals surface area contributed by atoms with Crippen LogP contribution in [0.1, 0.15) is 92.6 Å². The largest absolute Gasteiger partial charge is 0.481 e. The number of aliphatic hydroxyl groups excluding tert-OH is 2. The number of nitrogens with two attached hydrogens (primary N) is 2. The molecular formula is C46H72N10O17. The number of carboxylic acids is 3. The molecule has 73 heavy (non-hydrogen) atoms. The van der Waals surface area contributed by atoms with E-state index >= 15 is 0 Å². The van der Waals surface area contributed by atoms with Crippen molar-refractivity contribution >= 4 is 71.1 Å². The van der Waals surface area contributed by atoms with Gasteiger partial charge in [0.2, 0.25) is 53.2 Å². The molecule has 0 bridgehead atoms. The highest BCUT2D eigenvalue weighted by Crippen LogP contribution is 2.14. The Balaban J connectivity index is 3.38. The Bertz CT molecular complexity index is 2110. The normalized spacial score (nSPS) is 16.0. The molecule has 0 unspecified atom stereocenters. The number of carbonyl (C=O) groups is 12. The molecule has 0 aliphatic carbocycles. The highest BCUT2D eigenvalue weighted by Gasteiger charge is 2.38. The number of amides is 9. The van der Waals surface area contributed by atoms with Gasteiger partial charge < -0.3 is 79.5 Å². The summed E-state index contributed by atoms with van der Waals surface area (Å²) in [6, 6.07) is -6.40. The first-order valence-electron chi connectivity index (χ1n) is 23.5. The second-order valence-electron chi connectivity index (χ2n) is 18.0. The summed E-state index contributed by atoms with van der Waals surface area (Å²) < 4.78 is 0. The molecule has 0 aliphatic heterocycles. The van der Waals surface area contributed by atoms with Crippen LogP contribution in [0.25, 0.3) is 0 Å². The molecular weight excluding hydrogens is 965 g/mol. The standard InChI is InChI=1S/C46H72N10O17/c1-8-22(5)35(43(69)49-27(15-16-32(60)61)39(65)56-37(24(7)58)45(71)51-29(46(72)73)17-25-13-11-10-12-14-25)54-40(66)28(19-31(48)59)50-41(67)30(20-57)52-44(70)36(23(6)9-2)55-42(68)34(21(3)4)53-38(64)26(47)18-33(62)63/h10-14,21-24,26-30,34-37,57-58H,8-9,15-20,47H2,1-7H3,(H2,48,59)(H,49,69)(H,50,67)(H,51,71)(H,52,70)(H,53,64)(H,54,66)(H,55,68)(H,56,65)(H,60,61)(H,62,63)(H,72,73)/t22-,23-,24+,26-,27-,28-,29-,30-,34-,35-,36-,37-/m0/s1. The Kier molecular flexibility index (Phi) is 27.3. The highest BCUT2D eigenvalue weighted by atomic mass is 16.4. The maximum Gasteiger partial charge on any atom is 0.326 e. The topological polar surface area (TPSA) is 454 Å². The molecule has 0 radical (unpaired) electrons. The third kappa shape index (κ3) is 22.0. The Morgan fingerprint density at radius 3 is 1.40 bits per heavy atom. The molecule has 0 aliphatic rings. The number of carboxylic acid groups (broad SMARTS) is 3. The van der Waals surface area contributed by atoms with E-state index in [9.17, 15) is 78.0 Å². The summed E-state index contributed by atoms with van der Waals surface area (Å²) in [5, 5.41) is 67.5. The van der Waals surface area contributed by atoms with Crippen LogP contribution in [0.2, 0.25) is 0 Å². The summed E-state index contributed by atoms with van der Waals surface area (Å²) in [6.45, 7) is 9.48. The van der Waals surface area contributed by atoms with Gasteiger partial charge in [-0.1, -0.05) is 84.7 Å². The molecule has 12 atom stereocenters. The lowest BCUT2D eigenvalue weighted by atomic mass is 9.96. The summed E-state index contributed by atoms with van der Waals surface area (Å²) in [7, 11) is 0. The van der Waals surface area contributed by atoms with E-state index in [0.717, 1.165) is 6.92 Å². The molecule has 0 saturated carbocycles. The van der Waals surface area contributed by atoms with Crippen molar-refractivity contribution in [3.8, 4) is 0 Å². The fourth-order valence-corrected chi connectivity index (χ4v) is 6.88. The van der Waals surface area contributed by atoms with Crippen LogP contribution in [0.3, 0.4) is 0 Å². The van der Waals surface area contributed by atoms with Crippen LogP contribution in [0.4, 0.5) is 0 Å². The Morgan fingerprint density at radius 1 is 0.521 bits per heavy atom. The van der Waals surface area contributed by atoms with Gasteiger partial charge in [0, 0.05) is 12.8 Å². The summed E-state index contributed by atoms with van der Waals surface area (Å²) in [5.74, 6) is -16.1. The van der Waals surface area contributed by atoms with E-state index < -0.39 is 182 Å². The zero-order valence-electron chi connectivity index (χ0n) is 41.8. The molecule has 0 heterocycles. The summed E-state index contributed by atoms with van der Waals surface area (Å²) in [4.78, 5) is 155. The maximum atomic E-state index is 14.0. The molecule has 0 saturated heterocycles. The van der Waals surface area contributed by atoms with Gasteiger partial charge in [-0.3, -0.25) is 52.7 Å². The van der Waals surface area contributed by atoms with Gasteiger partial charge in [-0.25, -0.2) is 4.79 Å². The number of benzene rings is 1. The maximum absolute atomic E-state index is 14.0. The molecule has 1 aromatic carbocycles. The number of primary amides is 1. The van der Waals surface area contributed by atoms with Crippen LogP contribution in [-0.4, -0.2) is 164 Å². The lowest BCUT2D eigenvalue weighted by Gasteiger charge is -2.30. The van der Waals surface area contributed by atoms with Crippen LogP contribution in [-0.2, 0) is 64.0 Å². The lowest BCUT2D eigenvalue weighted by molar-refractivity contribution is -0.143. The Labute approximate surface area is 421 Å². The molecule has 1 aromatic rings. The zero-order valence-corrected chi connectivity index (χ0v) is 41.8. The van der Waals surface area contributed by atoms with Gasteiger partial charge in [0.05, 0.1) is 31.6 Å². The third-order valence-corrected chi connectivity index (χ3v) is 11.7. The van der Waals surface area contributed by atoms with Gasteiger partial charge >= 0.3 is 17.9 Å². The Hall–Kier alpha value is -7.26. The SMILES string of the molecule is CC[C@H](C)[C@H](NC(=O)[C@H](CC(N)=O)NC(=O)[C@H](CO)NC(=O)[C@@H](NC(=O)[C@@H](NC(=O)[C@@H](N)CC(=O)O)C(C)C)[C@@H](C)CC)C(=O)N[C@@H](CCC(=O)O)C(=O)N[C@H](C(=O)N[C@@H](Cc1ccccc1)C(=O)O)[C@@H](C)O. The number of aliphatic hydroxyl groups is 2. The summed E-state index contributed by atoms with van der Waals surface area (Å²) in [5.41, 5.74) is 11.6. The van der Waals surface area contributed by atoms with Gasteiger partial charge in [-0.15, -0.1) is 0 Å². The average Bonchev–Trinajstić information content (AvgIpc) is 3.31. The summed E-state index contributed by atoms with van der Waals surface area (Å²) in [6.07, 6.45) is -4.33. The van der Waals surface area contributed by atoms with Crippen molar-refractivity contribution in [2.75, 3.05) is 6.61 Å². The minimum atomic E-state index is -1.88. The van der Waals surface area contributed by atoms with Crippen molar-refractivity contribution < 1.29 is 83.1 Å². The quantitative estimate of drug-likeness (QED) is 0.0318. The number of aliphatic carboxylic acids is 3. The molecule has 27 nitrogen and oxygen atoms in total. The van der Waals surface area contributed by atoms with Crippen molar-refractivity contribution in [2.45, 2.75) is 154 Å². The number of nitrogens with one attached hydrogen (secondary N) is 8. The molecule has 27 heteroatoms. The smallest absolute Gasteiger partial charge is 0.326 e. The monoisotopic (exact) mass is 1040 g/mol. The molecule has 17 N–H and O–H groups in total. The first-order valence-corrected chi connectivity index (χ1v) is 23.5. The molecule has 0 spiro atoms. The second kappa shape index (κ2) is 31.3. The molecule has 9 amide bonds. The highest BCUT2D eigenvalue weighted by molar-refractivity contribution is 5.99. The molecule has 0 fully saturated rings. The third-order valence-electron chi connectivity index (χ3n) is 11.7. The average molecular weight is 1040 g/mol. The fourth-order valence-electron chi connectivity index (χ4n) is 6.88. The van der Waals surface area contributed by atoms with E-state index in [1.54, 1.807) is 65.0 Å². The molecule has 0 aromatic heterocycles. The van der Waals surface area contributed by atoms with E-state index in [1.165, 1.54) is 6.92 Å². The van der Waals surface area contributed by atoms with E-state index in [0.29, 0.717) is 5.56 Å². The van der Waals surface area contributed by atoms with Crippen LogP contribution in [0.5, 0.6) is 0 Å². The van der Waals surface area contributed by atoms with Crippen molar-refractivity contribution in [1.82, 2.24) is 42.5 Å². The minimum absolute atomic E-state index is 0.171. The van der Waals surface area contributed by atoms with Crippen molar-refractivity contribution in [3.05, 3.63) is 35.9 Å². The predicted molar refractivity (Wildman–Crippen MR) is 257 cm³/mol. The predicted octanol–water partition coefficient (Wildman–Crippen LogP) is -4.14. The first-order chi connectivity index (χ1) is 34.1. The van der Waals surface area contributed by atoms with Crippen molar-refractivity contribution in [1.29, 1.82) is 0 Å². The zero-order chi connectivity index (χ0) is 55.9. The van der Waals surface area contributed by atoms with Crippen LogP contribution >= 0.6 is 0 Å².